The number of aryl methyl sites for hydroxylation is 1. The molecule has 1 unspecified atom stereocenters. The van der Waals surface area contributed by atoms with Crippen LogP contribution in [0.15, 0.2) is 60.8 Å². The SMILES string of the molecule is CCc1ccccc1C(O)c1ccc(N2CC[C@H](Oc3ncccc3Cl)C2)c(CO)c1. The van der Waals surface area contributed by atoms with Crippen molar-refractivity contribution in [3.05, 3.63) is 88.1 Å². The van der Waals surface area contributed by atoms with Gasteiger partial charge < -0.3 is 19.8 Å². The summed E-state index contributed by atoms with van der Waals surface area (Å²) in [6.07, 6.45) is 2.61. The molecule has 0 radical (unpaired) electrons. The summed E-state index contributed by atoms with van der Waals surface area (Å²) in [5, 5.41) is 21.5. The third kappa shape index (κ3) is 4.69. The molecule has 1 aromatic heterocycles. The summed E-state index contributed by atoms with van der Waals surface area (Å²) in [6, 6.07) is 17.3. The maximum Gasteiger partial charge on any atom is 0.232 e. The molecular formula is C25H27ClN2O3. The van der Waals surface area contributed by atoms with Crippen molar-refractivity contribution in [2.45, 2.75) is 38.6 Å². The number of aliphatic hydroxyl groups is 2. The second-order valence-corrected chi connectivity index (χ2v) is 8.17. The number of anilines is 1. The Bertz CT molecular complexity index is 1040. The van der Waals surface area contributed by atoms with Gasteiger partial charge in [0.15, 0.2) is 0 Å². The first-order chi connectivity index (χ1) is 15.1. The summed E-state index contributed by atoms with van der Waals surface area (Å²) in [4.78, 5) is 6.40. The van der Waals surface area contributed by atoms with Gasteiger partial charge in [-0.2, -0.15) is 0 Å². The van der Waals surface area contributed by atoms with Gasteiger partial charge >= 0.3 is 0 Å². The summed E-state index contributed by atoms with van der Waals surface area (Å²) in [5.74, 6) is 0.450. The van der Waals surface area contributed by atoms with Crippen molar-refractivity contribution >= 4 is 17.3 Å². The molecule has 31 heavy (non-hydrogen) atoms. The number of aromatic nitrogens is 1. The number of hydrogen-bond acceptors (Lipinski definition) is 5. The third-order valence-electron chi connectivity index (χ3n) is 5.81. The molecule has 0 saturated carbocycles. The maximum atomic E-state index is 11.0. The molecule has 2 N–H and O–H groups in total. The third-order valence-corrected chi connectivity index (χ3v) is 6.10. The number of ether oxygens (including phenoxy) is 1. The molecule has 0 aliphatic carbocycles. The number of benzene rings is 2. The van der Waals surface area contributed by atoms with Crippen molar-refractivity contribution in [1.29, 1.82) is 0 Å². The summed E-state index contributed by atoms with van der Waals surface area (Å²) in [6.45, 7) is 3.47. The molecular weight excluding hydrogens is 412 g/mol. The van der Waals surface area contributed by atoms with E-state index in [0.717, 1.165) is 47.3 Å². The van der Waals surface area contributed by atoms with Gasteiger partial charge in [-0.25, -0.2) is 4.98 Å². The molecule has 3 aromatic rings. The molecule has 6 heteroatoms. The number of halogens is 1. The van der Waals surface area contributed by atoms with Crippen molar-refractivity contribution in [2.75, 3.05) is 18.0 Å². The van der Waals surface area contributed by atoms with Gasteiger partial charge in [-0.15, -0.1) is 0 Å². The monoisotopic (exact) mass is 438 g/mol. The Morgan fingerprint density at radius 3 is 2.77 bits per heavy atom. The lowest BCUT2D eigenvalue weighted by molar-refractivity contribution is 0.215. The predicted molar refractivity (Wildman–Crippen MR) is 123 cm³/mol. The molecule has 2 aromatic carbocycles. The fourth-order valence-electron chi connectivity index (χ4n) is 4.17. The zero-order valence-corrected chi connectivity index (χ0v) is 18.3. The Morgan fingerprint density at radius 2 is 2.00 bits per heavy atom. The number of aliphatic hydroxyl groups excluding tert-OH is 2. The van der Waals surface area contributed by atoms with Crippen LogP contribution >= 0.6 is 11.6 Å². The maximum absolute atomic E-state index is 11.0. The summed E-state index contributed by atoms with van der Waals surface area (Å²) >= 11 is 6.17. The minimum absolute atomic E-state index is 0.0272. The largest absolute Gasteiger partial charge is 0.471 e. The fraction of sp³-hybridized carbons (Fsp3) is 0.320. The molecule has 2 heterocycles. The summed E-state index contributed by atoms with van der Waals surface area (Å²) < 4.78 is 5.99. The highest BCUT2D eigenvalue weighted by atomic mass is 35.5. The van der Waals surface area contributed by atoms with Crippen molar-refractivity contribution in [2.24, 2.45) is 0 Å². The van der Waals surface area contributed by atoms with E-state index < -0.39 is 6.10 Å². The van der Waals surface area contributed by atoms with Crippen LogP contribution in [0.4, 0.5) is 5.69 Å². The molecule has 5 nitrogen and oxygen atoms in total. The van der Waals surface area contributed by atoms with Crippen molar-refractivity contribution in [1.82, 2.24) is 4.98 Å². The average Bonchev–Trinajstić information content (AvgIpc) is 3.28. The molecule has 1 saturated heterocycles. The van der Waals surface area contributed by atoms with Gasteiger partial charge in [0.1, 0.15) is 17.2 Å². The van der Waals surface area contributed by atoms with Crippen LogP contribution in [0, 0.1) is 0 Å². The molecule has 1 aliphatic rings. The van der Waals surface area contributed by atoms with Gasteiger partial charge in [0, 0.05) is 30.4 Å². The van der Waals surface area contributed by atoms with Gasteiger partial charge in [0.25, 0.3) is 0 Å². The molecule has 4 rings (SSSR count). The first-order valence-electron chi connectivity index (χ1n) is 10.6. The highest BCUT2D eigenvalue weighted by Gasteiger charge is 2.27. The Balaban J connectivity index is 1.52. The second-order valence-electron chi connectivity index (χ2n) is 7.77. The standard InChI is InChI=1S/C25H27ClN2O3/c1-2-17-6-3-4-7-21(17)24(30)18-9-10-23(19(14-18)16-29)28-13-11-20(15-28)31-25-22(26)8-5-12-27-25/h3-10,12,14,20,24,29-30H,2,11,13,15-16H2,1H3/t20-,24?/m0/s1. The highest BCUT2D eigenvalue weighted by Crippen LogP contribution is 2.32. The number of hydrogen-bond donors (Lipinski definition) is 2. The number of nitrogens with zero attached hydrogens (tertiary/aromatic N) is 2. The first kappa shape index (κ1) is 21.6. The molecule has 2 atom stereocenters. The van der Waals surface area contributed by atoms with E-state index in [1.54, 1.807) is 18.3 Å². The number of rotatable bonds is 7. The van der Waals surface area contributed by atoms with Crippen molar-refractivity contribution in [3.63, 3.8) is 0 Å². The van der Waals surface area contributed by atoms with Crippen molar-refractivity contribution in [3.8, 4) is 5.88 Å². The van der Waals surface area contributed by atoms with E-state index in [9.17, 15) is 10.2 Å². The smallest absolute Gasteiger partial charge is 0.232 e. The average molecular weight is 439 g/mol. The van der Waals surface area contributed by atoms with Crippen LogP contribution in [0.5, 0.6) is 5.88 Å². The van der Waals surface area contributed by atoms with E-state index >= 15 is 0 Å². The van der Waals surface area contributed by atoms with Gasteiger partial charge in [-0.1, -0.05) is 48.9 Å². The van der Waals surface area contributed by atoms with E-state index in [4.69, 9.17) is 16.3 Å². The van der Waals surface area contributed by atoms with Crippen LogP contribution in [0.1, 0.15) is 41.7 Å². The van der Waals surface area contributed by atoms with E-state index in [2.05, 4.69) is 16.8 Å². The van der Waals surface area contributed by atoms with Crippen molar-refractivity contribution < 1.29 is 14.9 Å². The molecule has 162 valence electrons. The Morgan fingerprint density at radius 1 is 1.16 bits per heavy atom. The van der Waals surface area contributed by atoms with Crippen LogP contribution in [0.2, 0.25) is 5.02 Å². The Labute approximate surface area is 187 Å². The normalized spacial score (nSPS) is 17.0. The Kier molecular flexibility index (Phi) is 6.76. The van der Waals surface area contributed by atoms with E-state index in [0.29, 0.717) is 17.4 Å². The van der Waals surface area contributed by atoms with Crippen LogP contribution in [0.25, 0.3) is 0 Å². The van der Waals surface area contributed by atoms with E-state index in [-0.39, 0.29) is 12.7 Å². The first-order valence-corrected chi connectivity index (χ1v) is 11.0. The molecule has 0 spiro atoms. The highest BCUT2D eigenvalue weighted by molar-refractivity contribution is 6.31. The quantitative estimate of drug-likeness (QED) is 0.567. The van der Waals surface area contributed by atoms with Crippen LogP contribution < -0.4 is 9.64 Å². The lowest BCUT2D eigenvalue weighted by atomic mass is 9.94. The summed E-state index contributed by atoms with van der Waals surface area (Å²) in [7, 11) is 0. The lowest BCUT2D eigenvalue weighted by Crippen LogP contribution is -2.25. The fourth-order valence-corrected chi connectivity index (χ4v) is 4.34. The minimum atomic E-state index is -0.726. The van der Waals surface area contributed by atoms with Gasteiger partial charge in [-0.3, -0.25) is 0 Å². The molecule has 1 fully saturated rings. The molecule has 1 aliphatic heterocycles. The topological polar surface area (TPSA) is 65.8 Å². The van der Waals surface area contributed by atoms with Gasteiger partial charge in [-0.05, 0) is 47.4 Å². The molecule has 0 amide bonds. The van der Waals surface area contributed by atoms with Gasteiger partial charge in [0.05, 0.1) is 13.2 Å². The summed E-state index contributed by atoms with van der Waals surface area (Å²) in [5.41, 5.74) is 4.56. The Hall–Kier alpha value is -2.60. The predicted octanol–water partition coefficient (Wildman–Crippen LogP) is 4.53. The lowest BCUT2D eigenvalue weighted by Gasteiger charge is -2.23. The van der Waals surface area contributed by atoms with Crippen LogP contribution in [-0.4, -0.2) is 34.4 Å². The number of pyridine rings is 1. The van der Waals surface area contributed by atoms with E-state index in [1.165, 1.54) is 0 Å². The second kappa shape index (κ2) is 9.69. The minimum Gasteiger partial charge on any atom is -0.471 e. The van der Waals surface area contributed by atoms with Gasteiger partial charge in [0.2, 0.25) is 5.88 Å². The van der Waals surface area contributed by atoms with Crippen LogP contribution in [0.3, 0.4) is 0 Å². The zero-order chi connectivity index (χ0) is 21.8. The van der Waals surface area contributed by atoms with E-state index in [1.807, 2.05) is 42.5 Å². The zero-order valence-electron chi connectivity index (χ0n) is 17.5. The van der Waals surface area contributed by atoms with Crippen LogP contribution in [-0.2, 0) is 13.0 Å². The molecule has 0 bridgehead atoms.